The van der Waals surface area contributed by atoms with Crippen molar-refractivity contribution in [3.63, 3.8) is 0 Å². The number of hydrogen-bond acceptors (Lipinski definition) is 5. The number of benzene rings is 1. The first kappa shape index (κ1) is 16.2. The number of halogens is 1. The zero-order chi connectivity index (χ0) is 13.7. The Balaban J connectivity index is 0.00000200. The van der Waals surface area contributed by atoms with Crippen LogP contribution < -0.4 is 10.1 Å². The van der Waals surface area contributed by atoms with E-state index in [0.29, 0.717) is 6.61 Å². The van der Waals surface area contributed by atoms with Gasteiger partial charge in [0.1, 0.15) is 18.4 Å². The highest BCUT2D eigenvalue weighted by Crippen LogP contribution is 2.27. The summed E-state index contributed by atoms with van der Waals surface area (Å²) in [7, 11) is 0. The number of nitrogens with zero attached hydrogens (tertiary/aromatic N) is 2. The highest BCUT2D eigenvalue weighted by Gasteiger charge is 2.19. The molecule has 0 spiro atoms. The fourth-order valence-electron chi connectivity index (χ4n) is 2.16. The molecular formula is C13H16ClN3O3. The molecule has 20 heavy (non-hydrogen) atoms. The van der Waals surface area contributed by atoms with E-state index in [-0.39, 0.29) is 35.4 Å². The van der Waals surface area contributed by atoms with Gasteiger partial charge in [0.15, 0.2) is 5.56 Å². The molecule has 1 aromatic rings. The summed E-state index contributed by atoms with van der Waals surface area (Å²) in [5, 5.41) is 23.2. The van der Waals surface area contributed by atoms with Crippen molar-refractivity contribution >= 4 is 18.1 Å². The maximum Gasteiger partial charge on any atom is 0.290 e. The van der Waals surface area contributed by atoms with Gasteiger partial charge in [-0.2, -0.15) is 5.26 Å². The second-order valence-corrected chi connectivity index (χ2v) is 4.48. The van der Waals surface area contributed by atoms with E-state index in [1.807, 2.05) is 6.07 Å². The van der Waals surface area contributed by atoms with Crippen molar-refractivity contribution in [2.24, 2.45) is 0 Å². The Labute approximate surface area is 123 Å². The highest BCUT2D eigenvalue weighted by molar-refractivity contribution is 5.85. The van der Waals surface area contributed by atoms with Gasteiger partial charge in [0, 0.05) is 12.1 Å². The number of piperidine rings is 1. The summed E-state index contributed by atoms with van der Waals surface area (Å²) in [4.78, 5) is 10.3. The molecule has 1 fully saturated rings. The molecule has 108 valence electrons. The minimum absolute atomic E-state index is 0. The molecule has 1 saturated heterocycles. The van der Waals surface area contributed by atoms with Gasteiger partial charge in [0.25, 0.3) is 5.69 Å². The predicted octanol–water partition coefficient (Wildman–Crippen LogP) is 2.41. The molecule has 0 aromatic heterocycles. The summed E-state index contributed by atoms with van der Waals surface area (Å²) in [5.41, 5.74) is -0.222. The zero-order valence-corrected chi connectivity index (χ0v) is 11.7. The topological polar surface area (TPSA) is 88.2 Å². The van der Waals surface area contributed by atoms with Gasteiger partial charge in [0.2, 0.25) is 0 Å². The number of nitrogens with one attached hydrogen (secondary N) is 1. The van der Waals surface area contributed by atoms with Gasteiger partial charge in [-0.05, 0) is 25.5 Å². The molecule has 1 aromatic carbocycles. The van der Waals surface area contributed by atoms with Gasteiger partial charge in [-0.3, -0.25) is 10.1 Å². The number of hydrogen-bond donors (Lipinski definition) is 1. The Bertz CT molecular complexity index is 510. The van der Waals surface area contributed by atoms with Gasteiger partial charge >= 0.3 is 0 Å². The van der Waals surface area contributed by atoms with Crippen molar-refractivity contribution in [2.75, 3.05) is 13.2 Å². The lowest BCUT2D eigenvalue weighted by Crippen LogP contribution is -2.38. The molecular weight excluding hydrogens is 282 g/mol. The molecule has 1 aliphatic heterocycles. The lowest BCUT2D eigenvalue weighted by Gasteiger charge is -2.23. The van der Waals surface area contributed by atoms with Crippen LogP contribution in [0, 0.1) is 21.4 Å². The van der Waals surface area contributed by atoms with Crippen molar-refractivity contribution in [3.8, 4) is 11.8 Å². The van der Waals surface area contributed by atoms with Crippen molar-refractivity contribution in [1.29, 1.82) is 5.26 Å². The van der Waals surface area contributed by atoms with Crippen LogP contribution in [0.3, 0.4) is 0 Å². The Hall–Kier alpha value is -1.84. The molecule has 0 saturated carbocycles. The van der Waals surface area contributed by atoms with Crippen LogP contribution in [-0.2, 0) is 0 Å². The van der Waals surface area contributed by atoms with Gasteiger partial charge in [0.05, 0.1) is 4.92 Å². The Kier molecular flexibility index (Phi) is 6.22. The van der Waals surface area contributed by atoms with E-state index in [4.69, 9.17) is 10.00 Å². The number of ether oxygens (including phenoxy) is 1. The average molecular weight is 298 g/mol. The summed E-state index contributed by atoms with van der Waals surface area (Å²) >= 11 is 0. The van der Waals surface area contributed by atoms with E-state index in [1.165, 1.54) is 12.1 Å². The molecule has 1 heterocycles. The molecule has 1 N–H and O–H groups in total. The van der Waals surface area contributed by atoms with Crippen molar-refractivity contribution in [3.05, 3.63) is 33.9 Å². The molecule has 6 nitrogen and oxygen atoms in total. The van der Waals surface area contributed by atoms with Crippen LogP contribution in [0.25, 0.3) is 0 Å². The Morgan fingerprint density at radius 2 is 2.30 bits per heavy atom. The van der Waals surface area contributed by atoms with Crippen LogP contribution in [0.1, 0.15) is 24.8 Å². The van der Waals surface area contributed by atoms with Gasteiger partial charge in [-0.15, -0.1) is 12.4 Å². The van der Waals surface area contributed by atoms with Crippen molar-refractivity contribution in [2.45, 2.75) is 25.3 Å². The summed E-state index contributed by atoms with van der Waals surface area (Å²) in [5.74, 6) is 0.282. The maximum absolute atomic E-state index is 10.8. The standard InChI is InChI=1S/C13H15N3O3.ClH/c14-8-11-12(16(17)18)5-3-6-13(11)19-9-10-4-1-2-7-15-10;/h3,5-6,10,15H,1-2,4,7,9H2;1H. The second kappa shape index (κ2) is 7.68. The van der Waals surface area contributed by atoms with Crippen molar-refractivity contribution < 1.29 is 9.66 Å². The van der Waals surface area contributed by atoms with E-state index in [0.717, 1.165) is 25.8 Å². The third-order valence-electron chi connectivity index (χ3n) is 3.17. The van der Waals surface area contributed by atoms with Crippen molar-refractivity contribution in [1.82, 2.24) is 5.32 Å². The largest absolute Gasteiger partial charge is 0.490 e. The summed E-state index contributed by atoms with van der Waals surface area (Å²) < 4.78 is 5.57. The Morgan fingerprint density at radius 1 is 1.50 bits per heavy atom. The van der Waals surface area contributed by atoms with Crippen LogP contribution in [0.5, 0.6) is 5.75 Å². The third kappa shape index (κ3) is 3.83. The van der Waals surface area contributed by atoms with Gasteiger partial charge in [-0.1, -0.05) is 12.5 Å². The minimum Gasteiger partial charge on any atom is -0.490 e. The van der Waals surface area contributed by atoms with Crippen LogP contribution in [0.15, 0.2) is 18.2 Å². The molecule has 1 aliphatic rings. The molecule has 7 heteroatoms. The lowest BCUT2D eigenvalue weighted by atomic mass is 10.1. The maximum atomic E-state index is 10.8. The van der Waals surface area contributed by atoms with Crippen LogP contribution >= 0.6 is 12.4 Å². The SMILES string of the molecule is Cl.N#Cc1c(OCC2CCCCN2)cccc1[N+](=O)[O-]. The number of rotatable bonds is 4. The number of nitro groups is 1. The summed E-state index contributed by atoms with van der Waals surface area (Å²) in [6, 6.07) is 6.53. The van der Waals surface area contributed by atoms with E-state index in [2.05, 4.69) is 5.32 Å². The van der Waals surface area contributed by atoms with E-state index >= 15 is 0 Å². The van der Waals surface area contributed by atoms with Gasteiger partial charge in [-0.25, -0.2) is 0 Å². The minimum atomic E-state index is -0.565. The molecule has 0 bridgehead atoms. The first-order valence-electron chi connectivity index (χ1n) is 6.26. The fourth-order valence-corrected chi connectivity index (χ4v) is 2.16. The zero-order valence-electron chi connectivity index (χ0n) is 10.9. The number of nitro benzene ring substituents is 1. The van der Waals surface area contributed by atoms with E-state index < -0.39 is 4.92 Å². The predicted molar refractivity (Wildman–Crippen MR) is 76.2 cm³/mol. The normalized spacial score (nSPS) is 17.6. The highest BCUT2D eigenvalue weighted by atomic mass is 35.5. The molecule has 0 amide bonds. The van der Waals surface area contributed by atoms with Crippen LogP contribution in [0.2, 0.25) is 0 Å². The van der Waals surface area contributed by atoms with Gasteiger partial charge < -0.3 is 10.1 Å². The number of nitriles is 1. The molecule has 0 aliphatic carbocycles. The quantitative estimate of drug-likeness (QED) is 0.681. The second-order valence-electron chi connectivity index (χ2n) is 4.48. The smallest absolute Gasteiger partial charge is 0.290 e. The van der Waals surface area contributed by atoms with Crippen LogP contribution in [-0.4, -0.2) is 24.1 Å². The molecule has 1 unspecified atom stereocenters. The summed E-state index contributed by atoms with van der Waals surface area (Å²) in [6.07, 6.45) is 3.34. The molecule has 0 radical (unpaired) electrons. The monoisotopic (exact) mass is 297 g/mol. The molecule has 1 atom stereocenters. The van der Waals surface area contributed by atoms with E-state index in [9.17, 15) is 10.1 Å². The first-order chi connectivity index (χ1) is 9.22. The fraction of sp³-hybridized carbons (Fsp3) is 0.462. The Morgan fingerprint density at radius 3 is 2.90 bits per heavy atom. The average Bonchev–Trinajstić information content (AvgIpc) is 2.45. The molecule has 2 rings (SSSR count). The van der Waals surface area contributed by atoms with Crippen LogP contribution in [0.4, 0.5) is 5.69 Å². The first-order valence-corrected chi connectivity index (χ1v) is 6.26. The third-order valence-corrected chi connectivity index (χ3v) is 3.17. The summed E-state index contributed by atoms with van der Waals surface area (Å²) in [6.45, 7) is 1.39. The van der Waals surface area contributed by atoms with E-state index in [1.54, 1.807) is 6.07 Å². The lowest BCUT2D eigenvalue weighted by molar-refractivity contribution is -0.385.